The van der Waals surface area contributed by atoms with Gasteiger partial charge in [0.25, 0.3) is 0 Å². The van der Waals surface area contributed by atoms with Crippen molar-refractivity contribution in [3.8, 4) is 0 Å². The van der Waals surface area contributed by atoms with Gasteiger partial charge in [0.05, 0.1) is 12.0 Å². The summed E-state index contributed by atoms with van der Waals surface area (Å²) >= 11 is 0. The van der Waals surface area contributed by atoms with Crippen molar-refractivity contribution in [2.24, 2.45) is 5.92 Å². The quantitative estimate of drug-likeness (QED) is 0.779. The molecule has 1 N–H and O–H groups in total. The Hall–Kier alpha value is -0.870. The van der Waals surface area contributed by atoms with Crippen LogP contribution in [0.5, 0.6) is 0 Å². The van der Waals surface area contributed by atoms with Crippen molar-refractivity contribution in [3.05, 3.63) is 18.2 Å². The maximum absolute atomic E-state index is 5.65. The molecule has 0 bridgehead atoms. The fourth-order valence-electron chi connectivity index (χ4n) is 2.84. The Balaban J connectivity index is 1.79. The summed E-state index contributed by atoms with van der Waals surface area (Å²) in [7, 11) is 0. The number of aryl methyl sites for hydroxylation is 1. The molecule has 0 saturated carbocycles. The first kappa shape index (κ1) is 15.5. The molecule has 0 spiro atoms. The van der Waals surface area contributed by atoms with Crippen LogP contribution < -0.4 is 5.32 Å². The molecule has 0 aliphatic carbocycles. The van der Waals surface area contributed by atoms with Gasteiger partial charge in [0.2, 0.25) is 0 Å². The summed E-state index contributed by atoms with van der Waals surface area (Å²) in [6.07, 6.45) is 8.84. The maximum Gasteiger partial charge on any atom is 0.0948 e. The lowest BCUT2D eigenvalue weighted by molar-refractivity contribution is 0.105. The summed E-state index contributed by atoms with van der Waals surface area (Å²) in [5.74, 6) is 0.617. The molecule has 1 aliphatic rings. The Kier molecular flexibility index (Phi) is 6.05. The predicted molar refractivity (Wildman–Crippen MR) is 81.7 cm³/mol. The lowest BCUT2D eigenvalue weighted by Crippen LogP contribution is -2.35. The molecular weight excluding hydrogens is 250 g/mol. The average Bonchev–Trinajstić information content (AvgIpc) is 2.86. The molecule has 114 valence electrons. The van der Waals surface area contributed by atoms with Crippen LogP contribution in [-0.2, 0) is 11.3 Å². The van der Waals surface area contributed by atoms with Crippen molar-refractivity contribution in [2.45, 2.75) is 65.1 Å². The Morgan fingerprint density at radius 2 is 2.30 bits per heavy atom. The zero-order valence-corrected chi connectivity index (χ0v) is 13.1. The largest absolute Gasteiger partial charge is 0.381 e. The van der Waals surface area contributed by atoms with Gasteiger partial charge in [-0.15, -0.1) is 0 Å². The zero-order chi connectivity index (χ0) is 14.4. The van der Waals surface area contributed by atoms with Crippen LogP contribution in [0.15, 0.2) is 12.5 Å². The van der Waals surface area contributed by atoms with E-state index in [1.807, 2.05) is 12.5 Å². The van der Waals surface area contributed by atoms with Crippen molar-refractivity contribution in [2.75, 3.05) is 13.2 Å². The van der Waals surface area contributed by atoms with Crippen molar-refractivity contribution >= 4 is 0 Å². The first-order valence-electron chi connectivity index (χ1n) is 8.00. The Morgan fingerprint density at radius 1 is 1.45 bits per heavy atom. The second-order valence-electron chi connectivity index (χ2n) is 6.39. The van der Waals surface area contributed by atoms with Gasteiger partial charge in [-0.25, -0.2) is 4.98 Å². The van der Waals surface area contributed by atoms with Crippen LogP contribution in [0, 0.1) is 5.92 Å². The van der Waals surface area contributed by atoms with Gasteiger partial charge in [0.1, 0.15) is 0 Å². The van der Waals surface area contributed by atoms with Crippen molar-refractivity contribution < 1.29 is 4.74 Å². The summed E-state index contributed by atoms with van der Waals surface area (Å²) in [5, 5.41) is 3.68. The maximum atomic E-state index is 5.65. The molecule has 1 aromatic heterocycles. The van der Waals surface area contributed by atoms with E-state index in [2.05, 4.69) is 35.6 Å². The summed E-state index contributed by atoms with van der Waals surface area (Å²) in [6, 6.07) is 1.09. The number of ether oxygens (including phenoxy) is 1. The minimum Gasteiger partial charge on any atom is -0.381 e. The molecule has 0 aromatic carbocycles. The summed E-state index contributed by atoms with van der Waals surface area (Å²) in [6.45, 7) is 9.34. The molecule has 2 atom stereocenters. The standard InChI is InChI=1S/C16H29N3O/c1-13(2)11-20-9-5-8-19-12-17-10-16(19)15-7-4-6-14(3)18-15/h10,12-15,18H,4-9,11H2,1-3H3. The topological polar surface area (TPSA) is 39.1 Å². The first-order valence-corrected chi connectivity index (χ1v) is 8.00. The van der Waals surface area contributed by atoms with Crippen LogP contribution in [0.4, 0.5) is 0 Å². The van der Waals surface area contributed by atoms with Crippen LogP contribution in [0.2, 0.25) is 0 Å². The Labute approximate surface area is 122 Å². The number of aromatic nitrogens is 2. The molecule has 1 aliphatic heterocycles. The molecule has 2 heterocycles. The highest BCUT2D eigenvalue weighted by Gasteiger charge is 2.21. The molecule has 20 heavy (non-hydrogen) atoms. The van der Waals surface area contributed by atoms with E-state index < -0.39 is 0 Å². The second kappa shape index (κ2) is 7.79. The molecule has 4 nitrogen and oxygen atoms in total. The Morgan fingerprint density at radius 3 is 3.05 bits per heavy atom. The van der Waals surface area contributed by atoms with E-state index in [9.17, 15) is 0 Å². The van der Waals surface area contributed by atoms with Crippen LogP contribution in [0.1, 0.15) is 58.2 Å². The highest BCUT2D eigenvalue weighted by Crippen LogP contribution is 2.25. The van der Waals surface area contributed by atoms with E-state index in [4.69, 9.17) is 4.74 Å². The molecule has 1 fully saturated rings. The molecule has 4 heteroatoms. The Bertz CT molecular complexity index is 389. The van der Waals surface area contributed by atoms with Crippen LogP contribution >= 0.6 is 0 Å². The van der Waals surface area contributed by atoms with Gasteiger partial charge < -0.3 is 14.6 Å². The third-order valence-corrected chi connectivity index (χ3v) is 3.86. The average molecular weight is 279 g/mol. The number of rotatable bonds is 7. The summed E-state index contributed by atoms with van der Waals surface area (Å²) < 4.78 is 7.93. The number of piperidine rings is 1. The third kappa shape index (κ3) is 4.60. The van der Waals surface area contributed by atoms with Crippen molar-refractivity contribution in [3.63, 3.8) is 0 Å². The van der Waals surface area contributed by atoms with Gasteiger partial charge in [-0.2, -0.15) is 0 Å². The summed E-state index contributed by atoms with van der Waals surface area (Å²) in [4.78, 5) is 4.33. The second-order valence-corrected chi connectivity index (χ2v) is 6.39. The normalized spacial score (nSPS) is 23.4. The molecule has 1 aromatic rings. The van der Waals surface area contributed by atoms with Gasteiger partial charge in [-0.3, -0.25) is 0 Å². The third-order valence-electron chi connectivity index (χ3n) is 3.86. The molecule has 2 unspecified atom stereocenters. The van der Waals surface area contributed by atoms with E-state index >= 15 is 0 Å². The SMILES string of the molecule is CC(C)COCCCn1cncc1C1CCCC(C)N1. The van der Waals surface area contributed by atoms with Crippen LogP contribution in [0.3, 0.4) is 0 Å². The highest BCUT2D eigenvalue weighted by molar-refractivity contribution is 5.07. The van der Waals surface area contributed by atoms with E-state index in [0.717, 1.165) is 26.2 Å². The number of hydrogen-bond donors (Lipinski definition) is 1. The van der Waals surface area contributed by atoms with Gasteiger partial charge in [0.15, 0.2) is 0 Å². The number of imidazole rings is 1. The van der Waals surface area contributed by atoms with Gasteiger partial charge in [-0.1, -0.05) is 13.8 Å². The van der Waals surface area contributed by atoms with Gasteiger partial charge in [-0.05, 0) is 38.5 Å². The van der Waals surface area contributed by atoms with Crippen molar-refractivity contribution in [1.82, 2.24) is 14.9 Å². The monoisotopic (exact) mass is 279 g/mol. The van der Waals surface area contributed by atoms with E-state index in [1.165, 1.54) is 25.0 Å². The first-order chi connectivity index (χ1) is 9.66. The number of nitrogens with zero attached hydrogens (tertiary/aromatic N) is 2. The molecule has 0 radical (unpaired) electrons. The number of nitrogens with one attached hydrogen (secondary N) is 1. The van der Waals surface area contributed by atoms with Gasteiger partial charge >= 0.3 is 0 Å². The fraction of sp³-hybridized carbons (Fsp3) is 0.812. The van der Waals surface area contributed by atoms with E-state index in [-0.39, 0.29) is 0 Å². The molecular formula is C16H29N3O. The lowest BCUT2D eigenvalue weighted by atomic mass is 9.97. The minimum absolute atomic E-state index is 0.470. The minimum atomic E-state index is 0.470. The lowest BCUT2D eigenvalue weighted by Gasteiger charge is -2.29. The smallest absolute Gasteiger partial charge is 0.0948 e. The zero-order valence-electron chi connectivity index (χ0n) is 13.1. The molecule has 1 saturated heterocycles. The predicted octanol–water partition coefficient (Wildman–Crippen LogP) is 3.15. The molecule has 0 amide bonds. The van der Waals surface area contributed by atoms with E-state index in [0.29, 0.717) is 18.0 Å². The highest BCUT2D eigenvalue weighted by atomic mass is 16.5. The van der Waals surface area contributed by atoms with Crippen LogP contribution in [-0.4, -0.2) is 28.8 Å². The summed E-state index contributed by atoms with van der Waals surface area (Å²) in [5.41, 5.74) is 1.33. The van der Waals surface area contributed by atoms with Crippen LogP contribution in [0.25, 0.3) is 0 Å². The fourth-order valence-corrected chi connectivity index (χ4v) is 2.84. The molecule has 2 rings (SSSR count). The van der Waals surface area contributed by atoms with E-state index in [1.54, 1.807) is 0 Å². The number of hydrogen-bond acceptors (Lipinski definition) is 3. The van der Waals surface area contributed by atoms with Gasteiger partial charge in [0, 0.05) is 38.0 Å². The van der Waals surface area contributed by atoms with Crippen molar-refractivity contribution in [1.29, 1.82) is 0 Å².